The second-order valence-electron chi connectivity index (χ2n) is 28.6. The number of hydrogen-bond donors (Lipinski definition) is 16. The number of benzene rings is 2. The van der Waals surface area contributed by atoms with Crippen LogP contribution in [0, 0.1) is 0 Å². The number of nitrogens with one attached hydrogen (secondary N) is 10. The Bertz CT molecular complexity index is 3230. The minimum atomic E-state index is -1.83. The van der Waals surface area contributed by atoms with Crippen LogP contribution in [0.1, 0.15) is 200 Å². The van der Waals surface area contributed by atoms with Gasteiger partial charge in [-0.15, -0.1) is 0 Å². The Morgan fingerprint density at radius 3 is 0.951 bits per heavy atom. The number of carbonyl (C=O) groups excluding carboxylic acids is 9. The largest absolute Gasteiger partial charge is 0.494 e. The zero-order valence-corrected chi connectivity index (χ0v) is 70.8. The van der Waals surface area contributed by atoms with Crippen LogP contribution < -0.4 is 62.6 Å². The SMILES string of the molecule is CNC(CCCCNC(=O)COCCOCCNC(=O)COCCOCCNC(=O)CCC(NC(=O)CCCCCCCCCCOc1ccc(C(=O)O)cc1)C(O)O)C(=O)NC(CCCCNC(=O)COCCOCCNC(=O)COCCOCCNC(=O)CCC(NC(=O)CCCCCCCCCCOc1ccc(C(=O)O)cc1)C(=O)O)C(=O)O. The highest BCUT2D eigenvalue weighted by atomic mass is 16.5. The molecule has 692 valence electrons. The van der Waals surface area contributed by atoms with E-state index < -0.39 is 66.1 Å². The highest BCUT2D eigenvalue weighted by Crippen LogP contribution is 2.18. The minimum absolute atomic E-state index is 0.0228. The molecule has 0 fully saturated rings. The predicted octanol–water partition coefficient (Wildman–Crippen LogP) is 2.82. The summed E-state index contributed by atoms with van der Waals surface area (Å²) in [5.41, 5.74) is 0.421. The maximum Gasteiger partial charge on any atom is 0.335 e. The molecule has 2 rings (SSSR count). The smallest absolute Gasteiger partial charge is 0.335 e. The highest BCUT2D eigenvalue weighted by molar-refractivity contribution is 5.89. The average molecular weight is 1740 g/mol. The summed E-state index contributed by atoms with van der Waals surface area (Å²) in [6.07, 6.45) is 15.7. The molecule has 0 saturated carbocycles. The highest BCUT2D eigenvalue weighted by Gasteiger charge is 2.26. The van der Waals surface area contributed by atoms with Crippen LogP contribution in [0.25, 0.3) is 0 Å². The van der Waals surface area contributed by atoms with Crippen molar-refractivity contribution in [2.75, 3.05) is 165 Å². The van der Waals surface area contributed by atoms with Crippen molar-refractivity contribution in [3.05, 3.63) is 59.7 Å². The molecule has 0 spiro atoms. The van der Waals surface area contributed by atoms with Gasteiger partial charge in [-0.05, 0) is 133 Å². The van der Waals surface area contributed by atoms with Gasteiger partial charge < -0.3 is 131 Å². The number of carboxylic acid groups (broad SMARTS) is 4. The minimum Gasteiger partial charge on any atom is -0.494 e. The van der Waals surface area contributed by atoms with Gasteiger partial charge in [-0.2, -0.15) is 0 Å². The van der Waals surface area contributed by atoms with Gasteiger partial charge in [-0.25, -0.2) is 19.2 Å². The Kier molecular flexibility index (Phi) is 65.3. The number of hydrogen-bond acceptors (Lipinski definition) is 26. The van der Waals surface area contributed by atoms with Crippen molar-refractivity contribution in [3.8, 4) is 11.5 Å². The topological polar surface area (TPSA) is 556 Å². The Hall–Kier alpha value is -9.29. The van der Waals surface area contributed by atoms with E-state index in [1.807, 2.05) is 0 Å². The molecule has 0 radical (unpaired) electrons. The fourth-order valence-electron chi connectivity index (χ4n) is 11.6. The molecule has 0 saturated heterocycles. The second-order valence-corrected chi connectivity index (χ2v) is 28.6. The summed E-state index contributed by atoms with van der Waals surface area (Å²) in [5, 5.41) is 83.6. The molecular formula is C83H136N10O29. The van der Waals surface area contributed by atoms with Crippen molar-refractivity contribution < 1.29 is 140 Å². The first-order chi connectivity index (χ1) is 59.0. The van der Waals surface area contributed by atoms with E-state index in [1.165, 1.54) is 24.3 Å². The molecule has 39 nitrogen and oxygen atoms in total. The van der Waals surface area contributed by atoms with Gasteiger partial charge in [0.1, 0.15) is 50.0 Å². The molecule has 16 N–H and O–H groups in total. The average Bonchev–Trinajstić information content (AvgIpc) is 0.902. The Morgan fingerprint density at radius 1 is 0.287 bits per heavy atom. The van der Waals surface area contributed by atoms with Crippen LogP contribution >= 0.6 is 0 Å². The molecule has 4 atom stereocenters. The number of likely N-dealkylation sites (N-methyl/N-ethyl adjacent to an activating group) is 1. The van der Waals surface area contributed by atoms with Crippen molar-refractivity contribution in [1.82, 2.24) is 53.2 Å². The van der Waals surface area contributed by atoms with E-state index in [2.05, 4.69) is 53.2 Å². The molecule has 0 heterocycles. The maximum absolute atomic E-state index is 13.0. The van der Waals surface area contributed by atoms with Crippen LogP contribution in [0.15, 0.2) is 48.5 Å². The number of amides is 9. The van der Waals surface area contributed by atoms with Crippen molar-refractivity contribution >= 4 is 77.0 Å². The third kappa shape index (κ3) is 61.9. The van der Waals surface area contributed by atoms with E-state index in [-0.39, 0.29) is 236 Å². The molecule has 0 aromatic heterocycles. The number of unbranched alkanes of at least 4 members (excludes halogenated alkanes) is 16. The van der Waals surface area contributed by atoms with Crippen LogP contribution in [0.5, 0.6) is 11.5 Å². The predicted molar refractivity (Wildman–Crippen MR) is 444 cm³/mol. The third-order valence-electron chi connectivity index (χ3n) is 18.5. The summed E-state index contributed by atoms with van der Waals surface area (Å²) < 4.78 is 54.4. The number of ether oxygens (including phenoxy) is 10. The molecule has 2 aromatic rings. The lowest BCUT2D eigenvalue weighted by atomic mass is 10.1. The van der Waals surface area contributed by atoms with Crippen molar-refractivity contribution in [1.29, 1.82) is 0 Å². The molecule has 0 aliphatic heterocycles. The Labute approximate surface area is 714 Å². The summed E-state index contributed by atoms with van der Waals surface area (Å²) in [6.45, 7) is 3.30. The molecule has 122 heavy (non-hydrogen) atoms. The summed E-state index contributed by atoms with van der Waals surface area (Å²) in [4.78, 5) is 157. The number of carbonyl (C=O) groups is 13. The van der Waals surface area contributed by atoms with E-state index in [9.17, 15) is 82.8 Å². The second kappa shape index (κ2) is 73.3. The third-order valence-corrected chi connectivity index (χ3v) is 18.5. The van der Waals surface area contributed by atoms with Gasteiger partial charge in [-0.1, -0.05) is 77.0 Å². The summed E-state index contributed by atoms with van der Waals surface area (Å²) in [5.74, 6) is -6.54. The monoisotopic (exact) mass is 1740 g/mol. The number of aliphatic hydroxyl groups excluding tert-OH is 1. The molecule has 2 aromatic carbocycles. The van der Waals surface area contributed by atoms with Crippen molar-refractivity contribution in [2.24, 2.45) is 0 Å². The molecule has 39 heteroatoms. The first-order valence-electron chi connectivity index (χ1n) is 42.5. The van der Waals surface area contributed by atoms with E-state index >= 15 is 0 Å². The number of carboxylic acids is 4. The van der Waals surface area contributed by atoms with Crippen molar-refractivity contribution in [3.63, 3.8) is 0 Å². The van der Waals surface area contributed by atoms with E-state index in [1.54, 1.807) is 31.3 Å². The Morgan fingerprint density at radius 2 is 0.598 bits per heavy atom. The number of aliphatic carboxylic acids is 2. The molecule has 4 unspecified atom stereocenters. The number of rotatable bonds is 82. The fourth-order valence-corrected chi connectivity index (χ4v) is 11.6. The first kappa shape index (κ1) is 109. The van der Waals surface area contributed by atoms with E-state index in [0.29, 0.717) is 76.2 Å². The molecule has 0 bridgehead atoms. The van der Waals surface area contributed by atoms with Gasteiger partial charge in [-0.3, -0.25) is 43.2 Å². The summed E-state index contributed by atoms with van der Waals surface area (Å²) in [6, 6.07) is 8.57. The molecule has 9 amide bonds. The Balaban J connectivity index is 1.34. The van der Waals surface area contributed by atoms with Crippen LogP contribution in [0.3, 0.4) is 0 Å². The lowest BCUT2D eigenvalue weighted by molar-refractivity contribution is -0.142. The lowest BCUT2D eigenvalue weighted by Crippen LogP contribution is -2.49. The zero-order valence-electron chi connectivity index (χ0n) is 70.8. The van der Waals surface area contributed by atoms with Crippen LogP contribution in [0.4, 0.5) is 0 Å². The first-order valence-corrected chi connectivity index (χ1v) is 42.5. The van der Waals surface area contributed by atoms with E-state index in [0.717, 1.165) is 89.9 Å². The van der Waals surface area contributed by atoms with Gasteiger partial charge in [0.05, 0.1) is 116 Å². The van der Waals surface area contributed by atoms with Crippen LogP contribution in [-0.2, 0) is 90.6 Å². The van der Waals surface area contributed by atoms with Gasteiger partial charge in [0, 0.05) is 65.0 Å². The molecule has 0 aliphatic rings. The lowest BCUT2D eigenvalue weighted by Gasteiger charge is -2.20. The van der Waals surface area contributed by atoms with Crippen LogP contribution in [0.2, 0.25) is 0 Å². The quantitative estimate of drug-likeness (QED) is 0.0334. The fraction of sp³-hybridized carbons (Fsp3) is 0.699. The standard InChI is InChI=1S/C83H136N10O29/c1-84-66(22-16-18-38-85-74(98)58-117-54-52-115-48-42-89-76(100)60-119-56-50-113-46-40-87-70(94)36-34-68(82(109)110)91-72(96)24-14-10-6-2-4-8-12-20-44-121-64-30-26-62(27-31-64)79(103)104)78(102)93-67(81(107)108)23-17-19-39-86-75(99)59-118-55-53-116-49-43-90-77(101)61-120-57-51-114-47-41-88-71(95)37-35-69(83(111)112)92-73(97)25-15-11-7-3-5-9-13-21-45-122-65-32-28-63(29-33-65)80(105)106/h26-33,66-69,82,84,109-110H,2-25,34-61H2,1H3,(H,85,98)(H,86,99)(H,87,94)(H,88,95)(H,89,100)(H,90,101)(H,91,96)(H,92,97)(H,93,102)(H,103,104)(H,105,106)(H,107,108)(H,111,112). The normalized spacial score (nSPS) is 12.1. The maximum atomic E-state index is 13.0. The van der Waals surface area contributed by atoms with E-state index in [4.69, 9.17) is 57.6 Å². The molecule has 0 aliphatic carbocycles. The number of aliphatic hydroxyl groups is 2. The van der Waals surface area contributed by atoms with Crippen LogP contribution in [-0.4, -0.2) is 303 Å². The summed E-state index contributed by atoms with van der Waals surface area (Å²) >= 11 is 0. The zero-order chi connectivity index (χ0) is 89.3. The van der Waals surface area contributed by atoms with Gasteiger partial charge >= 0.3 is 23.9 Å². The van der Waals surface area contributed by atoms with Gasteiger partial charge in [0.25, 0.3) is 0 Å². The van der Waals surface area contributed by atoms with Gasteiger partial charge in [0.15, 0.2) is 6.29 Å². The summed E-state index contributed by atoms with van der Waals surface area (Å²) in [7, 11) is 1.59. The van der Waals surface area contributed by atoms with Crippen molar-refractivity contribution in [2.45, 2.75) is 210 Å². The van der Waals surface area contributed by atoms with Gasteiger partial charge in [0.2, 0.25) is 53.2 Å². The molecular weight excluding hydrogens is 1600 g/mol. The number of aromatic carboxylic acids is 2.